The molecule has 0 aliphatic rings. The quantitative estimate of drug-likeness (QED) is 0.533. The Morgan fingerprint density at radius 2 is 1.86 bits per heavy atom. The molecule has 1 rings (SSSR count). The monoisotopic (exact) mass is 332 g/mol. The number of nitrogens with two attached hydrogens (primary N) is 1. The highest BCUT2D eigenvalue weighted by molar-refractivity contribution is 7.89. The average molecular weight is 333 g/mol. The van der Waals surface area contributed by atoms with E-state index >= 15 is 0 Å². The smallest absolute Gasteiger partial charge is 0.242 e. The summed E-state index contributed by atoms with van der Waals surface area (Å²) in [6.45, 7) is 4.86. The first kappa shape index (κ1) is 18.3. The van der Waals surface area contributed by atoms with Crippen LogP contribution >= 0.6 is 11.6 Å². The van der Waals surface area contributed by atoms with Crippen LogP contribution in [0.2, 0.25) is 5.02 Å². The summed E-state index contributed by atoms with van der Waals surface area (Å²) < 4.78 is 26.8. The fraction of sp³-hybridized carbons (Fsp3) is 0.600. The average Bonchev–Trinajstić information content (AvgIpc) is 2.36. The molecule has 4 nitrogen and oxygen atoms in total. The lowest BCUT2D eigenvalue weighted by Gasteiger charge is -2.09. The Labute approximate surface area is 133 Å². The molecular formula is C15H25ClN2O2S. The summed E-state index contributed by atoms with van der Waals surface area (Å²) >= 11 is 5.77. The molecule has 0 aliphatic carbocycles. The molecule has 0 bridgehead atoms. The van der Waals surface area contributed by atoms with Gasteiger partial charge in [-0.05, 0) is 30.5 Å². The summed E-state index contributed by atoms with van der Waals surface area (Å²) in [6.07, 6.45) is 5.45. The molecule has 0 aliphatic heterocycles. The maximum Gasteiger partial charge on any atom is 0.242 e. The Kier molecular flexibility index (Phi) is 7.49. The predicted molar refractivity (Wildman–Crippen MR) is 89.0 cm³/mol. The minimum absolute atomic E-state index is 0.0895. The number of nitrogens with one attached hydrogen (secondary N) is 1. The SMILES string of the molecule is CC(C)CCCCCCNS(=O)(=O)c1ccc(Cl)cc1N. The molecule has 21 heavy (non-hydrogen) atoms. The summed E-state index contributed by atoms with van der Waals surface area (Å²) in [5.74, 6) is 0.733. The van der Waals surface area contributed by atoms with Crippen molar-refractivity contribution < 1.29 is 8.42 Å². The van der Waals surface area contributed by atoms with Crippen LogP contribution in [0.4, 0.5) is 5.69 Å². The maximum atomic E-state index is 12.1. The highest BCUT2D eigenvalue weighted by atomic mass is 35.5. The van der Waals surface area contributed by atoms with Gasteiger partial charge in [-0.3, -0.25) is 0 Å². The molecule has 0 aromatic heterocycles. The van der Waals surface area contributed by atoms with Gasteiger partial charge >= 0.3 is 0 Å². The molecule has 0 amide bonds. The van der Waals surface area contributed by atoms with Crippen molar-refractivity contribution in [1.82, 2.24) is 4.72 Å². The van der Waals surface area contributed by atoms with E-state index in [1.165, 1.54) is 31.0 Å². The summed E-state index contributed by atoms with van der Waals surface area (Å²) in [4.78, 5) is 0.0895. The van der Waals surface area contributed by atoms with Crippen LogP contribution in [0.5, 0.6) is 0 Å². The Bertz CT molecular complexity index is 545. The second-order valence-electron chi connectivity index (χ2n) is 5.68. The zero-order chi connectivity index (χ0) is 15.9. The largest absolute Gasteiger partial charge is 0.398 e. The minimum atomic E-state index is -3.55. The Morgan fingerprint density at radius 1 is 1.19 bits per heavy atom. The number of unbranched alkanes of at least 4 members (excludes halogenated alkanes) is 3. The Hall–Kier alpha value is -0.780. The lowest BCUT2D eigenvalue weighted by atomic mass is 10.0. The van der Waals surface area contributed by atoms with Crippen molar-refractivity contribution >= 4 is 27.3 Å². The van der Waals surface area contributed by atoms with Gasteiger partial charge in [0.05, 0.1) is 5.69 Å². The molecule has 1 aromatic rings. The molecule has 0 spiro atoms. The van der Waals surface area contributed by atoms with E-state index < -0.39 is 10.0 Å². The number of anilines is 1. The third kappa shape index (κ3) is 6.68. The molecular weight excluding hydrogens is 308 g/mol. The number of hydrogen-bond acceptors (Lipinski definition) is 3. The molecule has 0 atom stereocenters. The second kappa shape index (κ2) is 8.61. The van der Waals surface area contributed by atoms with Crippen LogP contribution in [0, 0.1) is 5.92 Å². The summed E-state index contributed by atoms with van der Waals surface area (Å²) in [6, 6.07) is 4.41. The highest BCUT2D eigenvalue weighted by Crippen LogP contribution is 2.22. The van der Waals surface area contributed by atoms with Crippen LogP contribution in [0.25, 0.3) is 0 Å². The van der Waals surface area contributed by atoms with E-state index in [0.29, 0.717) is 11.6 Å². The normalized spacial score (nSPS) is 12.0. The van der Waals surface area contributed by atoms with Gasteiger partial charge in [0.25, 0.3) is 0 Å². The van der Waals surface area contributed by atoms with Crippen LogP contribution in [-0.4, -0.2) is 15.0 Å². The number of rotatable bonds is 9. The van der Waals surface area contributed by atoms with Crippen molar-refractivity contribution in [3.05, 3.63) is 23.2 Å². The van der Waals surface area contributed by atoms with Gasteiger partial charge in [0, 0.05) is 11.6 Å². The Morgan fingerprint density at radius 3 is 2.48 bits per heavy atom. The summed E-state index contributed by atoms with van der Waals surface area (Å²) in [5, 5.41) is 0.427. The molecule has 120 valence electrons. The molecule has 0 radical (unpaired) electrons. The number of benzene rings is 1. The number of halogens is 1. The van der Waals surface area contributed by atoms with Crippen molar-refractivity contribution in [1.29, 1.82) is 0 Å². The van der Waals surface area contributed by atoms with Crippen LogP contribution in [-0.2, 0) is 10.0 Å². The van der Waals surface area contributed by atoms with Crippen molar-refractivity contribution in [2.45, 2.75) is 50.8 Å². The van der Waals surface area contributed by atoms with Gasteiger partial charge in [-0.2, -0.15) is 0 Å². The molecule has 6 heteroatoms. The number of nitrogen functional groups attached to an aromatic ring is 1. The van der Waals surface area contributed by atoms with Gasteiger partial charge in [-0.15, -0.1) is 0 Å². The van der Waals surface area contributed by atoms with Gasteiger partial charge < -0.3 is 5.73 Å². The van der Waals surface area contributed by atoms with E-state index in [4.69, 9.17) is 17.3 Å². The first-order valence-corrected chi connectivity index (χ1v) is 9.23. The third-order valence-corrected chi connectivity index (χ3v) is 5.03. The van der Waals surface area contributed by atoms with Crippen molar-refractivity contribution in [3.63, 3.8) is 0 Å². The maximum absolute atomic E-state index is 12.1. The van der Waals surface area contributed by atoms with Crippen molar-refractivity contribution in [3.8, 4) is 0 Å². The van der Waals surface area contributed by atoms with E-state index in [0.717, 1.165) is 25.2 Å². The third-order valence-electron chi connectivity index (χ3n) is 3.26. The van der Waals surface area contributed by atoms with Crippen LogP contribution in [0.15, 0.2) is 23.1 Å². The molecule has 3 N–H and O–H groups in total. The van der Waals surface area contributed by atoms with E-state index in [1.54, 1.807) is 0 Å². The topological polar surface area (TPSA) is 72.2 Å². The van der Waals surface area contributed by atoms with E-state index in [1.807, 2.05) is 0 Å². The van der Waals surface area contributed by atoms with E-state index in [2.05, 4.69) is 18.6 Å². The van der Waals surface area contributed by atoms with Crippen molar-refractivity contribution in [2.24, 2.45) is 5.92 Å². The van der Waals surface area contributed by atoms with Gasteiger partial charge in [-0.25, -0.2) is 13.1 Å². The standard InChI is InChI=1S/C15H25ClN2O2S/c1-12(2)7-5-3-4-6-10-18-21(19,20)15-9-8-13(16)11-14(15)17/h8-9,11-12,18H,3-7,10,17H2,1-2H3. The van der Waals surface area contributed by atoms with E-state index in [-0.39, 0.29) is 10.6 Å². The predicted octanol–water partition coefficient (Wildman–Crippen LogP) is 3.81. The lowest BCUT2D eigenvalue weighted by molar-refractivity contribution is 0.517. The Balaban J connectivity index is 2.37. The molecule has 0 saturated heterocycles. The molecule has 0 fully saturated rings. The molecule has 1 aromatic carbocycles. The molecule has 0 saturated carbocycles. The first-order chi connectivity index (χ1) is 9.83. The number of hydrogen-bond donors (Lipinski definition) is 2. The zero-order valence-electron chi connectivity index (χ0n) is 12.7. The second-order valence-corrected chi connectivity index (χ2v) is 7.85. The van der Waals surface area contributed by atoms with Crippen molar-refractivity contribution in [2.75, 3.05) is 12.3 Å². The van der Waals surface area contributed by atoms with E-state index in [9.17, 15) is 8.42 Å². The van der Waals surface area contributed by atoms with Crippen LogP contribution in [0.1, 0.15) is 46.0 Å². The molecule has 0 unspecified atom stereocenters. The van der Waals surface area contributed by atoms with Crippen LogP contribution < -0.4 is 10.5 Å². The fourth-order valence-corrected chi connectivity index (χ4v) is 3.44. The van der Waals surface area contributed by atoms with Gasteiger partial charge in [-0.1, -0.05) is 51.1 Å². The zero-order valence-corrected chi connectivity index (χ0v) is 14.3. The summed E-state index contributed by atoms with van der Waals surface area (Å²) in [7, 11) is -3.55. The lowest BCUT2D eigenvalue weighted by Crippen LogP contribution is -2.25. The molecule has 0 heterocycles. The van der Waals surface area contributed by atoms with Gasteiger partial charge in [0.15, 0.2) is 0 Å². The first-order valence-electron chi connectivity index (χ1n) is 7.37. The number of sulfonamides is 1. The fourth-order valence-electron chi connectivity index (χ4n) is 2.08. The minimum Gasteiger partial charge on any atom is -0.398 e. The van der Waals surface area contributed by atoms with Crippen LogP contribution in [0.3, 0.4) is 0 Å². The van der Waals surface area contributed by atoms with Gasteiger partial charge in [0.1, 0.15) is 4.90 Å². The summed E-state index contributed by atoms with van der Waals surface area (Å²) in [5.41, 5.74) is 5.88. The highest BCUT2D eigenvalue weighted by Gasteiger charge is 2.16. The van der Waals surface area contributed by atoms with Gasteiger partial charge in [0.2, 0.25) is 10.0 Å².